The maximum absolute atomic E-state index is 12.6. The van der Waals surface area contributed by atoms with Gasteiger partial charge in [0.1, 0.15) is 16.6 Å². The number of fused-ring (bicyclic) bond motifs is 1. The number of carboxylic acids is 1. The van der Waals surface area contributed by atoms with E-state index in [9.17, 15) is 9.59 Å². The molecule has 7 heteroatoms. The Bertz CT molecular complexity index is 939. The third kappa shape index (κ3) is 4.31. The minimum Gasteiger partial charge on any atom is -0.493 e. The van der Waals surface area contributed by atoms with Crippen molar-refractivity contribution >= 4 is 57.0 Å². The van der Waals surface area contributed by atoms with Crippen molar-refractivity contribution in [2.45, 2.75) is 19.8 Å². The molecule has 1 heterocycles. The number of benzene rings is 2. The van der Waals surface area contributed by atoms with E-state index in [-0.39, 0.29) is 10.2 Å². The predicted molar refractivity (Wildman–Crippen MR) is 112 cm³/mol. The molecule has 0 atom stereocenters. The third-order valence-electron chi connectivity index (χ3n) is 4.13. The second-order valence-corrected chi connectivity index (χ2v) is 7.74. The van der Waals surface area contributed by atoms with Gasteiger partial charge in [0.05, 0.1) is 11.5 Å². The molecule has 0 aliphatic carbocycles. The van der Waals surface area contributed by atoms with E-state index < -0.39 is 12.5 Å². The molecule has 0 saturated carbocycles. The molecule has 3 rings (SSSR count). The number of thiocarbonyl (C=S) groups is 1. The smallest absolute Gasteiger partial charge is 0.323 e. The van der Waals surface area contributed by atoms with E-state index in [0.29, 0.717) is 17.3 Å². The molecular formula is C20H19NO4S2. The summed E-state index contributed by atoms with van der Waals surface area (Å²) in [5, 5.41) is 11.0. The van der Waals surface area contributed by atoms with Crippen LogP contribution in [0.2, 0.25) is 0 Å². The second kappa shape index (κ2) is 8.54. The van der Waals surface area contributed by atoms with Gasteiger partial charge in [-0.2, -0.15) is 0 Å². The van der Waals surface area contributed by atoms with Crippen molar-refractivity contribution in [2.75, 3.05) is 13.2 Å². The van der Waals surface area contributed by atoms with E-state index in [1.54, 1.807) is 6.08 Å². The van der Waals surface area contributed by atoms with Gasteiger partial charge >= 0.3 is 5.97 Å². The lowest BCUT2D eigenvalue weighted by molar-refractivity contribution is -0.140. The van der Waals surface area contributed by atoms with Gasteiger partial charge < -0.3 is 9.84 Å². The van der Waals surface area contributed by atoms with Crippen molar-refractivity contribution in [3.8, 4) is 5.75 Å². The second-order valence-electron chi connectivity index (χ2n) is 6.06. The Hall–Kier alpha value is -2.38. The third-order valence-corrected chi connectivity index (χ3v) is 5.51. The molecule has 1 amide bonds. The Morgan fingerprint density at radius 3 is 2.81 bits per heavy atom. The standard InChI is InChI=1S/C20H19NO4S2/c1-2-3-10-25-16-9-8-13-6-4-5-7-14(13)15(16)11-17-19(24)21(12-18(22)23)20(26)27-17/h4-9,11H,2-3,10,12H2,1H3,(H,22,23)/b17-11-. The zero-order chi connectivity index (χ0) is 19.4. The van der Waals surface area contributed by atoms with Gasteiger partial charge in [-0.25, -0.2) is 0 Å². The first-order chi connectivity index (χ1) is 13.0. The molecule has 27 heavy (non-hydrogen) atoms. The fraction of sp³-hybridized carbons (Fsp3) is 0.250. The summed E-state index contributed by atoms with van der Waals surface area (Å²) in [6.45, 7) is 2.26. The number of carbonyl (C=O) groups excluding carboxylic acids is 1. The Kier molecular flexibility index (Phi) is 6.13. The van der Waals surface area contributed by atoms with Gasteiger partial charge in [0.2, 0.25) is 0 Å². The van der Waals surface area contributed by atoms with E-state index in [0.717, 1.165) is 45.8 Å². The number of nitrogens with zero attached hydrogens (tertiary/aromatic N) is 1. The number of aliphatic carboxylic acids is 1. The van der Waals surface area contributed by atoms with E-state index in [4.69, 9.17) is 22.1 Å². The molecule has 2 aromatic rings. The minimum absolute atomic E-state index is 0.252. The molecule has 0 unspecified atom stereocenters. The highest BCUT2D eigenvalue weighted by Gasteiger charge is 2.33. The highest BCUT2D eigenvalue weighted by atomic mass is 32.2. The summed E-state index contributed by atoms with van der Waals surface area (Å²) in [7, 11) is 0. The van der Waals surface area contributed by atoms with Crippen LogP contribution in [0, 0.1) is 0 Å². The summed E-state index contributed by atoms with van der Waals surface area (Å²) in [5.41, 5.74) is 0.806. The van der Waals surface area contributed by atoms with Crippen LogP contribution in [0.4, 0.5) is 0 Å². The number of unbranched alkanes of at least 4 members (excludes halogenated alkanes) is 1. The Balaban J connectivity index is 2.03. The van der Waals surface area contributed by atoms with Crippen molar-refractivity contribution in [3.63, 3.8) is 0 Å². The van der Waals surface area contributed by atoms with Crippen molar-refractivity contribution in [1.82, 2.24) is 4.90 Å². The predicted octanol–water partition coefficient (Wildman–Crippen LogP) is 4.30. The van der Waals surface area contributed by atoms with E-state index in [1.165, 1.54) is 0 Å². The number of amides is 1. The fourth-order valence-electron chi connectivity index (χ4n) is 2.78. The minimum atomic E-state index is -1.10. The average Bonchev–Trinajstić information content (AvgIpc) is 2.90. The molecule has 0 radical (unpaired) electrons. The molecule has 1 N–H and O–H groups in total. The number of rotatable bonds is 7. The summed E-state index contributed by atoms with van der Waals surface area (Å²) in [6, 6.07) is 11.8. The van der Waals surface area contributed by atoms with Crippen molar-refractivity contribution in [2.24, 2.45) is 0 Å². The SMILES string of the molecule is CCCCOc1ccc2ccccc2c1/C=C1\SC(=S)N(CC(=O)O)C1=O. The van der Waals surface area contributed by atoms with Gasteiger partial charge in [-0.1, -0.05) is 67.7 Å². The van der Waals surface area contributed by atoms with Crippen LogP contribution in [-0.2, 0) is 9.59 Å². The topological polar surface area (TPSA) is 66.8 Å². The highest BCUT2D eigenvalue weighted by Crippen LogP contribution is 2.37. The van der Waals surface area contributed by atoms with Crippen LogP contribution in [0.15, 0.2) is 41.3 Å². The van der Waals surface area contributed by atoms with Crippen LogP contribution in [0.5, 0.6) is 5.75 Å². The van der Waals surface area contributed by atoms with Crippen LogP contribution < -0.4 is 4.74 Å². The molecule has 140 valence electrons. The summed E-state index contributed by atoms with van der Waals surface area (Å²) < 4.78 is 6.20. The highest BCUT2D eigenvalue weighted by molar-refractivity contribution is 8.26. The van der Waals surface area contributed by atoms with Crippen LogP contribution >= 0.6 is 24.0 Å². The first-order valence-corrected chi connectivity index (χ1v) is 9.85. The summed E-state index contributed by atoms with van der Waals surface area (Å²) in [4.78, 5) is 25.1. The molecular weight excluding hydrogens is 382 g/mol. The van der Waals surface area contributed by atoms with Crippen LogP contribution in [0.25, 0.3) is 16.8 Å². The number of hydrogen-bond donors (Lipinski definition) is 1. The lowest BCUT2D eigenvalue weighted by atomic mass is 10.0. The first kappa shape index (κ1) is 19.4. The van der Waals surface area contributed by atoms with Gasteiger partial charge in [0.15, 0.2) is 0 Å². The molecule has 1 aliphatic rings. The van der Waals surface area contributed by atoms with Gasteiger partial charge in [0.25, 0.3) is 5.91 Å². The van der Waals surface area contributed by atoms with Gasteiger partial charge in [-0.15, -0.1) is 0 Å². The number of thioether (sulfide) groups is 1. The Labute approximate surface area is 167 Å². The van der Waals surface area contributed by atoms with Crippen LogP contribution in [0.1, 0.15) is 25.3 Å². The molecule has 1 aliphatic heterocycles. The molecule has 1 fully saturated rings. The quantitative estimate of drug-likeness (QED) is 0.424. The number of ether oxygens (including phenoxy) is 1. The maximum atomic E-state index is 12.6. The van der Waals surface area contributed by atoms with E-state index in [1.807, 2.05) is 36.4 Å². The van der Waals surface area contributed by atoms with Crippen LogP contribution in [0.3, 0.4) is 0 Å². The van der Waals surface area contributed by atoms with Gasteiger partial charge in [-0.3, -0.25) is 14.5 Å². The largest absolute Gasteiger partial charge is 0.493 e. The molecule has 0 bridgehead atoms. The van der Waals surface area contributed by atoms with Crippen molar-refractivity contribution < 1.29 is 19.4 Å². The zero-order valence-electron chi connectivity index (χ0n) is 14.8. The number of carboxylic acid groups (broad SMARTS) is 1. The molecule has 2 aromatic carbocycles. The van der Waals surface area contributed by atoms with Gasteiger partial charge in [-0.05, 0) is 29.3 Å². The fourth-order valence-corrected chi connectivity index (χ4v) is 4.02. The number of carbonyl (C=O) groups is 2. The van der Waals surface area contributed by atoms with Crippen molar-refractivity contribution in [1.29, 1.82) is 0 Å². The zero-order valence-corrected chi connectivity index (χ0v) is 16.4. The molecule has 0 aromatic heterocycles. The molecule has 5 nitrogen and oxygen atoms in total. The van der Waals surface area contributed by atoms with Crippen LogP contribution in [-0.4, -0.2) is 39.4 Å². The summed E-state index contributed by atoms with van der Waals surface area (Å²) in [5.74, 6) is -0.785. The molecule has 0 spiro atoms. The summed E-state index contributed by atoms with van der Waals surface area (Å²) >= 11 is 6.29. The lowest BCUT2D eigenvalue weighted by Crippen LogP contribution is -2.33. The normalized spacial score (nSPS) is 15.7. The van der Waals surface area contributed by atoms with Gasteiger partial charge in [0, 0.05) is 5.56 Å². The molecule has 1 saturated heterocycles. The monoisotopic (exact) mass is 401 g/mol. The summed E-state index contributed by atoms with van der Waals surface area (Å²) in [6.07, 6.45) is 3.72. The Morgan fingerprint density at radius 1 is 1.30 bits per heavy atom. The van der Waals surface area contributed by atoms with E-state index >= 15 is 0 Å². The van der Waals surface area contributed by atoms with E-state index in [2.05, 4.69) is 6.92 Å². The average molecular weight is 402 g/mol. The Morgan fingerprint density at radius 2 is 2.07 bits per heavy atom. The lowest BCUT2D eigenvalue weighted by Gasteiger charge is -2.12. The maximum Gasteiger partial charge on any atom is 0.323 e. The van der Waals surface area contributed by atoms with Crippen molar-refractivity contribution in [3.05, 3.63) is 46.9 Å². The number of hydrogen-bond acceptors (Lipinski definition) is 5. The first-order valence-electron chi connectivity index (χ1n) is 8.63.